The molecule has 0 amide bonds. The van der Waals surface area contributed by atoms with Gasteiger partial charge in [0.05, 0.1) is 11.9 Å². The predicted molar refractivity (Wildman–Crippen MR) is 44.4 cm³/mol. The summed E-state index contributed by atoms with van der Waals surface area (Å²) in [6.07, 6.45) is -2.72. The van der Waals surface area contributed by atoms with Gasteiger partial charge in [-0.25, -0.2) is 5.90 Å². The Morgan fingerprint density at radius 3 is 1.40 bits per heavy atom. The van der Waals surface area contributed by atoms with Gasteiger partial charge in [-0.05, 0) is 0 Å². The molecule has 0 aromatic carbocycles. The molecular formula is C8H9CrNO10. The number of carboxylic acids is 4. The summed E-state index contributed by atoms with van der Waals surface area (Å²) in [6, 6.07) is 0. The van der Waals surface area contributed by atoms with E-state index in [9.17, 15) is 39.6 Å². The Hall–Kier alpha value is -1.71. The van der Waals surface area contributed by atoms with Crippen molar-refractivity contribution in [2.24, 2.45) is 5.90 Å². The van der Waals surface area contributed by atoms with Gasteiger partial charge in [-0.15, -0.1) is 0 Å². The smallest absolute Gasteiger partial charge is 0.550 e. The summed E-state index contributed by atoms with van der Waals surface area (Å²) in [5.41, 5.74) is -2.97. The van der Waals surface area contributed by atoms with Crippen molar-refractivity contribution in [1.29, 1.82) is 0 Å². The minimum Gasteiger partial charge on any atom is -0.550 e. The largest absolute Gasteiger partial charge is 4.00 e. The van der Waals surface area contributed by atoms with E-state index in [2.05, 4.69) is 10.7 Å². The summed E-state index contributed by atoms with van der Waals surface area (Å²) in [6.45, 7) is -0.542. The number of carboxylic acid groups (broad SMARTS) is 4. The first kappa shape index (κ1) is 23.4. The quantitative estimate of drug-likeness (QED) is 0.417. The number of aliphatic hydroxyl groups is 1. The molecule has 11 nitrogen and oxygen atoms in total. The third-order valence-corrected chi connectivity index (χ3v) is 1.45. The Labute approximate surface area is 122 Å². The minimum absolute atomic E-state index is 0. The molecule has 3 N–H and O–H groups in total. The van der Waals surface area contributed by atoms with Gasteiger partial charge in [0, 0.05) is 24.8 Å². The van der Waals surface area contributed by atoms with Crippen molar-refractivity contribution in [3.63, 3.8) is 0 Å². The van der Waals surface area contributed by atoms with Gasteiger partial charge in [-0.1, -0.05) is 0 Å². The second kappa shape index (κ2) is 11.1. The van der Waals surface area contributed by atoms with E-state index in [4.69, 9.17) is 5.11 Å². The van der Waals surface area contributed by atoms with Gasteiger partial charge in [0.1, 0.15) is 12.2 Å². The van der Waals surface area contributed by atoms with Crippen molar-refractivity contribution in [3.8, 4) is 0 Å². The molecule has 0 unspecified atom stereocenters. The van der Waals surface area contributed by atoms with Crippen LogP contribution in [0.15, 0.2) is 0 Å². The standard InChI is InChI=1S/C6H8O7.C2H5NO3.Cr/c7-3(8)1-6(13,5(11)12)2-4(9)10;3-6-1-2(4)5;/h13H,1-2H2,(H,7,8)(H,9,10)(H,11,12);1,3H2,(H,4,5);/q;;+4/p-4. The third-order valence-electron chi connectivity index (χ3n) is 1.45. The SMILES string of the molecule is NOCC(=O)[O-].O=C([O-])CC(O)(CC(=O)[O-])C(=O)[O-].[Cr+4]. The number of hydrogen-bond acceptors (Lipinski definition) is 11. The average molecular weight is 331 g/mol. The first-order chi connectivity index (χ1) is 8.55. The number of carbonyl (C=O) groups is 4. The summed E-state index contributed by atoms with van der Waals surface area (Å²) in [5, 5.41) is 48.2. The summed E-state index contributed by atoms with van der Waals surface area (Å²) in [4.78, 5) is 42.9. The molecule has 0 saturated carbocycles. The molecule has 0 rings (SSSR count). The van der Waals surface area contributed by atoms with Gasteiger partial charge in [0.15, 0.2) is 0 Å². The Morgan fingerprint density at radius 1 is 0.950 bits per heavy atom. The van der Waals surface area contributed by atoms with Crippen LogP contribution >= 0.6 is 0 Å². The Kier molecular flexibility index (Phi) is 13.0. The van der Waals surface area contributed by atoms with Crippen LogP contribution in [0.5, 0.6) is 0 Å². The van der Waals surface area contributed by atoms with Crippen molar-refractivity contribution in [2.75, 3.05) is 6.61 Å². The van der Waals surface area contributed by atoms with Crippen LogP contribution in [-0.2, 0) is 41.4 Å². The molecule has 0 fully saturated rings. The van der Waals surface area contributed by atoms with Gasteiger partial charge in [-0.3, -0.25) is 4.84 Å². The Bertz CT molecular complexity index is 341. The normalized spacial score (nSPS) is 9.50. The van der Waals surface area contributed by atoms with E-state index >= 15 is 0 Å². The van der Waals surface area contributed by atoms with Crippen LogP contribution in [0.1, 0.15) is 12.8 Å². The number of aliphatic carboxylic acids is 4. The predicted octanol–water partition coefficient (Wildman–Crippen LogP) is -7.63. The van der Waals surface area contributed by atoms with E-state index in [1.165, 1.54) is 0 Å². The van der Waals surface area contributed by atoms with Crippen molar-refractivity contribution >= 4 is 23.9 Å². The van der Waals surface area contributed by atoms with E-state index in [1.54, 1.807) is 0 Å². The van der Waals surface area contributed by atoms with Crippen LogP contribution in [0.2, 0.25) is 0 Å². The minimum atomic E-state index is -2.97. The van der Waals surface area contributed by atoms with Crippen molar-refractivity contribution < 1.29 is 66.9 Å². The molecule has 0 aliphatic rings. The fourth-order valence-electron chi connectivity index (χ4n) is 0.752. The van der Waals surface area contributed by atoms with Crippen molar-refractivity contribution in [1.82, 2.24) is 0 Å². The zero-order valence-corrected chi connectivity index (χ0v) is 11.0. The maximum atomic E-state index is 10.1. The fraction of sp³-hybridized carbons (Fsp3) is 0.500. The Morgan fingerprint density at radius 2 is 1.30 bits per heavy atom. The maximum absolute atomic E-state index is 10.1. The molecule has 0 aliphatic heterocycles. The van der Waals surface area contributed by atoms with E-state index < -0.39 is 48.9 Å². The van der Waals surface area contributed by atoms with Crippen LogP contribution in [0.25, 0.3) is 0 Å². The molecule has 0 heterocycles. The molecular weight excluding hydrogens is 322 g/mol. The third kappa shape index (κ3) is 12.7. The number of nitrogens with two attached hydrogens (primary N) is 1. The first-order valence-electron chi connectivity index (χ1n) is 4.40. The molecule has 12 heteroatoms. The molecule has 0 atom stereocenters. The van der Waals surface area contributed by atoms with Crippen molar-refractivity contribution in [2.45, 2.75) is 18.4 Å². The van der Waals surface area contributed by atoms with E-state index in [0.717, 1.165) is 0 Å². The molecule has 0 radical (unpaired) electrons. The molecule has 112 valence electrons. The monoisotopic (exact) mass is 331 g/mol. The average Bonchev–Trinajstić information content (AvgIpc) is 2.14. The van der Waals surface area contributed by atoms with Crippen LogP contribution in [-0.4, -0.2) is 41.2 Å². The zero-order chi connectivity index (χ0) is 15.6. The number of hydrogen-bond donors (Lipinski definition) is 2. The van der Waals surface area contributed by atoms with Crippen molar-refractivity contribution in [3.05, 3.63) is 0 Å². The van der Waals surface area contributed by atoms with Gasteiger partial charge < -0.3 is 44.7 Å². The molecule has 0 aromatic rings. The molecule has 0 bridgehead atoms. The molecule has 0 spiro atoms. The molecule has 20 heavy (non-hydrogen) atoms. The fourth-order valence-corrected chi connectivity index (χ4v) is 0.752. The molecule has 0 aliphatic carbocycles. The summed E-state index contributed by atoms with van der Waals surface area (Å²) < 4.78 is 0. The van der Waals surface area contributed by atoms with Crippen LogP contribution in [0, 0.1) is 0 Å². The topological polar surface area (TPSA) is 216 Å². The van der Waals surface area contributed by atoms with E-state index in [0.29, 0.717) is 0 Å². The van der Waals surface area contributed by atoms with Crippen LogP contribution in [0.4, 0.5) is 0 Å². The second-order valence-electron chi connectivity index (χ2n) is 3.10. The van der Waals surface area contributed by atoms with Gasteiger partial charge in [0.2, 0.25) is 0 Å². The second-order valence-corrected chi connectivity index (χ2v) is 3.10. The summed E-state index contributed by atoms with van der Waals surface area (Å²) in [5.74, 6) is -2.98. The van der Waals surface area contributed by atoms with E-state index in [1.807, 2.05) is 0 Å². The van der Waals surface area contributed by atoms with Gasteiger partial charge in [-0.2, -0.15) is 0 Å². The van der Waals surface area contributed by atoms with Gasteiger partial charge in [0.25, 0.3) is 0 Å². The van der Waals surface area contributed by atoms with Gasteiger partial charge >= 0.3 is 17.4 Å². The maximum Gasteiger partial charge on any atom is 4.00 e. The number of carbonyl (C=O) groups excluding carboxylic acids is 4. The zero-order valence-electron chi connectivity index (χ0n) is 9.73. The summed E-state index contributed by atoms with van der Waals surface area (Å²) >= 11 is 0. The first-order valence-corrected chi connectivity index (χ1v) is 4.40. The van der Waals surface area contributed by atoms with E-state index in [-0.39, 0.29) is 17.4 Å². The molecule has 0 saturated heterocycles. The van der Waals surface area contributed by atoms with Crippen LogP contribution in [0.3, 0.4) is 0 Å². The number of rotatable bonds is 7. The summed E-state index contributed by atoms with van der Waals surface area (Å²) in [7, 11) is 0. The van der Waals surface area contributed by atoms with Crippen LogP contribution < -0.4 is 26.3 Å². The molecule has 0 aromatic heterocycles. The Balaban J connectivity index is -0.000000352.